The van der Waals surface area contributed by atoms with Crippen LogP contribution >= 0.6 is 0 Å². The Morgan fingerprint density at radius 3 is 2.62 bits per heavy atom. The molecule has 0 bridgehead atoms. The van der Waals surface area contributed by atoms with Crippen molar-refractivity contribution >= 4 is 0 Å². The summed E-state index contributed by atoms with van der Waals surface area (Å²) in [5, 5.41) is 3.22. The number of halogens is 3. The summed E-state index contributed by atoms with van der Waals surface area (Å²) >= 11 is 0. The van der Waals surface area contributed by atoms with E-state index in [0.29, 0.717) is 5.56 Å². The zero-order chi connectivity index (χ0) is 11.7. The van der Waals surface area contributed by atoms with Crippen molar-refractivity contribution in [1.82, 2.24) is 5.32 Å². The zero-order valence-electron chi connectivity index (χ0n) is 9.06. The predicted octanol–water partition coefficient (Wildman–Crippen LogP) is 3.50. The lowest BCUT2D eigenvalue weighted by Gasteiger charge is -2.14. The summed E-state index contributed by atoms with van der Waals surface area (Å²) in [4.78, 5) is 0. The molecule has 16 heavy (non-hydrogen) atoms. The lowest BCUT2D eigenvalue weighted by molar-refractivity contribution is 0.145. The number of aryl methyl sites for hydroxylation is 1. The molecule has 88 valence electrons. The van der Waals surface area contributed by atoms with Crippen LogP contribution in [0.25, 0.3) is 0 Å². The number of alkyl halides is 2. The third-order valence-corrected chi connectivity index (χ3v) is 3.04. The normalized spacial score (nSPS) is 20.7. The summed E-state index contributed by atoms with van der Waals surface area (Å²) < 4.78 is 38.6. The number of benzene rings is 1. The standard InChI is InChI=1S/C12H14F3N/c1-7-5-8(10-3-2-4-16-10)6-9(13)11(7)12(14)15/h5-6,10,12,16H,2-4H2,1H3. The van der Waals surface area contributed by atoms with Gasteiger partial charge in [0, 0.05) is 6.04 Å². The minimum absolute atomic E-state index is 0.111. The van der Waals surface area contributed by atoms with E-state index < -0.39 is 17.8 Å². The minimum atomic E-state index is -2.74. The van der Waals surface area contributed by atoms with E-state index in [2.05, 4.69) is 5.32 Å². The fourth-order valence-corrected chi connectivity index (χ4v) is 2.23. The Balaban J connectivity index is 2.36. The highest BCUT2D eigenvalue weighted by Crippen LogP contribution is 2.30. The molecule has 0 saturated carbocycles. The second-order valence-corrected chi connectivity index (χ2v) is 4.18. The number of hydrogen-bond donors (Lipinski definition) is 1. The van der Waals surface area contributed by atoms with Crippen LogP contribution in [0.2, 0.25) is 0 Å². The molecule has 2 rings (SSSR count). The Hall–Kier alpha value is -1.03. The van der Waals surface area contributed by atoms with E-state index in [1.807, 2.05) is 0 Å². The van der Waals surface area contributed by atoms with Gasteiger partial charge in [-0.15, -0.1) is 0 Å². The fourth-order valence-electron chi connectivity index (χ4n) is 2.23. The van der Waals surface area contributed by atoms with Gasteiger partial charge in [-0.2, -0.15) is 0 Å². The van der Waals surface area contributed by atoms with E-state index >= 15 is 0 Å². The maximum absolute atomic E-state index is 13.5. The van der Waals surface area contributed by atoms with Crippen molar-refractivity contribution in [3.8, 4) is 0 Å². The molecule has 1 N–H and O–H groups in total. The van der Waals surface area contributed by atoms with Crippen molar-refractivity contribution in [1.29, 1.82) is 0 Å². The van der Waals surface area contributed by atoms with Gasteiger partial charge in [-0.05, 0) is 43.5 Å². The van der Waals surface area contributed by atoms with Crippen molar-refractivity contribution in [2.24, 2.45) is 0 Å². The molecule has 0 aliphatic carbocycles. The van der Waals surface area contributed by atoms with Gasteiger partial charge in [-0.3, -0.25) is 0 Å². The lowest BCUT2D eigenvalue weighted by atomic mass is 9.99. The average Bonchev–Trinajstić information content (AvgIpc) is 2.67. The molecule has 1 atom stereocenters. The largest absolute Gasteiger partial charge is 0.310 e. The number of nitrogens with one attached hydrogen (secondary N) is 1. The van der Waals surface area contributed by atoms with E-state index in [0.717, 1.165) is 24.9 Å². The highest BCUT2D eigenvalue weighted by atomic mass is 19.3. The Kier molecular flexibility index (Phi) is 3.19. The predicted molar refractivity (Wildman–Crippen MR) is 56.1 cm³/mol. The molecule has 4 heteroatoms. The SMILES string of the molecule is Cc1cc(C2CCCN2)cc(F)c1C(F)F. The summed E-state index contributed by atoms with van der Waals surface area (Å²) in [5.74, 6) is -0.793. The van der Waals surface area contributed by atoms with Crippen molar-refractivity contribution in [2.75, 3.05) is 6.54 Å². The van der Waals surface area contributed by atoms with Crippen LogP contribution in [-0.4, -0.2) is 6.54 Å². The average molecular weight is 229 g/mol. The Bertz CT molecular complexity index is 361. The molecule has 1 saturated heterocycles. The fraction of sp³-hybridized carbons (Fsp3) is 0.500. The van der Waals surface area contributed by atoms with Crippen LogP contribution in [0.15, 0.2) is 12.1 Å². The van der Waals surface area contributed by atoms with Gasteiger partial charge >= 0.3 is 0 Å². The Morgan fingerprint density at radius 2 is 2.12 bits per heavy atom. The lowest BCUT2D eigenvalue weighted by Crippen LogP contribution is -2.13. The van der Waals surface area contributed by atoms with E-state index in [4.69, 9.17) is 0 Å². The van der Waals surface area contributed by atoms with Gasteiger partial charge in [0.2, 0.25) is 0 Å². The summed E-state index contributed by atoms with van der Waals surface area (Å²) in [5.41, 5.74) is 0.636. The quantitative estimate of drug-likeness (QED) is 0.818. The molecule has 1 unspecified atom stereocenters. The van der Waals surface area contributed by atoms with Crippen molar-refractivity contribution in [3.63, 3.8) is 0 Å². The van der Waals surface area contributed by atoms with E-state index in [-0.39, 0.29) is 6.04 Å². The second-order valence-electron chi connectivity index (χ2n) is 4.18. The van der Waals surface area contributed by atoms with Crippen molar-refractivity contribution < 1.29 is 13.2 Å². The van der Waals surface area contributed by atoms with Gasteiger partial charge in [0.25, 0.3) is 6.43 Å². The highest BCUT2D eigenvalue weighted by molar-refractivity contribution is 5.35. The summed E-state index contributed by atoms with van der Waals surface area (Å²) in [6, 6.07) is 3.00. The van der Waals surface area contributed by atoms with Crippen molar-refractivity contribution in [3.05, 3.63) is 34.6 Å². The topological polar surface area (TPSA) is 12.0 Å². The first-order valence-electron chi connectivity index (χ1n) is 5.41. The first kappa shape index (κ1) is 11.5. The number of hydrogen-bond acceptors (Lipinski definition) is 1. The van der Waals surface area contributed by atoms with Crippen LogP contribution < -0.4 is 5.32 Å². The Labute approximate surface area is 92.7 Å². The van der Waals surface area contributed by atoms with Gasteiger partial charge in [-0.25, -0.2) is 13.2 Å². The molecule has 1 aliphatic heterocycles. The van der Waals surface area contributed by atoms with Crippen LogP contribution in [-0.2, 0) is 0 Å². The van der Waals surface area contributed by atoms with Gasteiger partial charge in [-0.1, -0.05) is 6.07 Å². The van der Waals surface area contributed by atoms with Crippen LogP contribution in [0.5, 0.6) is 0 Å². The molecule has 1 nitrogen and oxygen atoms in total. The first-order chi connectivity index (χ1) is 7.59. The molecule has 1 aromatic rings. The van der Waals surface area contributed by atoms with E-state index in [9.17, 15) is 13.2 Å². The molecular weight excluding hydrogens is 215 g/mol. The molecule has 1 aliphatic rings. The van der Waals surface area contributed by atoms with Gasteiger partial charge < -0.3 is 5.32 Å². The maximum atomic E-state index is 13.5. The third-order valence-electron chi connectivity index (χ3n) is 3.04. The molecule has 1 fully saturated rings. The Morgan fingerprint density at radius 1 is 1.38 bits per heavy atom. The second kappa shape index (κ2) is 4.45. The minimum Gasteiger partial charge on any atom is -0.310 e. The van der Waals surface area contributed by atoms with Crippen LogP contribution in [0, 0.1) is 12.7 Å². The summed E-state index contributed by atoms with van der Waals surface area (Å²) in [6.45, 7) is 2.44. The molecule has 0 amide bonds. The summed E-state index contributed by atoms with van der Waals surface area (Å²) in [7, 11) is 0. The number of rotatable bonds is 2. The van der Waals surface area contributed by atoms with Crippen LogP contribution in [0.4, 0.5) is 13.2 Å². The van der Waals surface area contributed by atoms with E-state index in [1.54, 1.807) is 6.07 Å². The van der Waals surface area contributed by atoms with Gasteiger partial charge in [0.1, 0.15) is 5.82 Å². The smallest absolute Gasteiger partial charge is 0.266 e. The monoisotopic (exact) mass is 229 g/mol. The summed E-state index contributed by atoms with van der Waals surface area (Å²) in [6.07, 6.45) is -0.764. The van der Waals surface area contributed by atoms with Crippen molar-refractivity contribution in [2.45, 2.75) is 32.2 Å². The third kappa shape index (κ3) is 2.07. The highest BCUT2D eigenvalue weighted by Gasteiger charge is 2.21. The maximum Gasteiger partial charge on any atom is 0.266 e. The molecule has 0 radical (unpaired) electrons. The first-order valence-corrected chi connectivity index (χ1v) is 5.41. The van der Waals surface area contributed by atoms with Crippen LogP contribution in [0.3, 0.4) is 0 Å². The van der Waals surface area contributed by atoms with Gasteiger partial charge in [0.05, 0.1) is 5.56 Å². The molecule has 0 aromatic heterocycles. The molecule has 1 heterocycles. The van der Waals surface area contributed by atoms with Crippen LogP contribution in [0.1, 0.15) is 42.0 Å². The molecule has 1 aromatic carbocycles. The molecular formula is C12H14F3N. The zero-order valence-corrected chi connectivity index (χ0v) is 9.06. The molecule has 0 spiro atoms. The van der Waals surface area contributed by atoms with Gasteiger partial charge in [0.15, 0.2) is 0 Å². The van der Waals surface area contributed by atoms with E-state index in [1.165, 1.54) is 13.0 Å².